The number of fused-ring (bicyclic) bond motifs is 4. The minimum atomic E-state index is -4.82. The molecule has 6 rings (SSSR count). The molecule has 1 saturated carbocycles. The highest BCUT2D eigenvalue weighted by molar-refractivity contribution is 9.09. The number of imide groups is 2. The summed E-state index contributed by atoms with van der Waals surface area (Å²) >= 11 is 23.5. The van der Waals surface area contributed by atoms with Gasteiger partial charge in [-0.3, -0.25) is 29.1 Å². The average molecular weight is 737 g/mol. The molecule has 2 aliphatic heterocycles. The van der Waals surface area contributed by atoms with Crippen molar-refractivity contribution in [1.29, 1.82) is 0 Å². The van der Waals surface area contributed by atoms with E-state index in [1.807, 2.05) is 0 Å². The number of hydrazine groups is 1. The Balaban J connectivity index is 1.46. The standard InChI is InChI=1S/C28H21BrCl3F3N4O5/c1-37(21-16(30)8-9-18(36-21)28(33,34)35)39-22(41)14-7-6-12-15(19(14)23(39)42)10-26(31)24(43)38(11-29)25(44)27(26,32)20(12)13-4-2-3-5-17(13)40/h2-6,8-9,14-15,19-20,40H,7,10-11H2,1H3. The molecule has 1 N–H and O–H groups in total. The molecule has 0 bridgehead atoms. The van der Waals surface area contributed by atoms with Crippen molar-refractivity contribution in [2.75, 3.05) is 17.5 Å². The van der Waals surface area contributed by atoms with Crippen LogP contribution in [0.1, 0.15) is 30.0 Å². The maximum absolute atomic E-state index is 14.1. The minimum Gasteiger partial charge on any atom is -0.508 e. The lowest BCUT2D eigenvalue weighted by atomic mass is 9.56. The number of benzene rings is 1. The number of amides is 4. The summed E-state index contributed by atoms with van der Waals surface area (Å²) in [6.45, 7) is 0. The number of alkyl halides is 6. The molecule has 16 heteroatoms. The summed E-state index contributed by atoms with van der Waals surface area (Å²) in [7, 11) is 1.20. The Kier molecular flexibility index (Phi) is 7.31. The molecular weight excluding hydrogens is 716 g/mol. The number of carbonyl (C=O) groups is 4. The Bertz CT molecular complexity index is 1680. The van der Waals surface area contributed by atoms with Crippen LogP contribution in [0, 0.1) is 17.8 Å². The van der Waals surface area contributed by atoms with Gasteiger partial charge in [-0.2, -0.15) is 18.2 Å². The van der Waals surface area contributed by atoms with Gasteiger partial charge in [0.05, 0.1) is 22.3 Å². The summed E-state index contributed by atoms with van der Waals surface area (Å²) < 4.78 is 40.3. The van der Waals surface area contributed by atoms with Crippen LogP contribution in [0.25, 0.3) is 0 Å². The van der Waals surface area contributed by atoms with E-state index in [1.54, 1.807) is 18.2 Å². The van der Waals surface area contributed by atoms with Crippen molar-refractivity contribution in [2.24, 2.45) is 17.8 Å². The number of para-hydroxylation sites is 1. The van der Waals surface area contributed by atoms with Crippen molar-refractivity contribution in [2.45, 2.75) is 34.7 Å². The maximum atomic E-state index is 14.1. The van der Waals surface area contributed by atoms with Gasteiger partial charge in [0.25, 0.3) is 23.6 Å². The van der Waals surface area contributed by atoms with E-state index >= 15 is 0 Å². The van der Waals surface area contributed by atoms with Crippen molar-refractivity contribution in [1.82, 2.24) is 14.9 Å². The average Bonchev–Trinajstić information content (AvgIpc) is 3.30. The zero-order valence-electron chi connectivity index (χ0n) is 22.5. The number of nitrogens with zero attached hydrogens (tertiary/aromatic N) is 4. The third-order valence-corrected chi connectivity index (χ3v) is 11.2. The van der Waals surface area contributed by atoms with Crippen LogP contribution in [0.2, 0.25) is 5.02 Å². The van der Waals surface area contributed by atoms with Gasteiger partial charge in [-0.05, 0) is 37.0 Å². The minimum absolute atomic E-state index is 0.00576. The number of hydrogen-bond acceptors (Lipinski definition) is 7. The first-order valence-corrected chi connectivity index (χ1v) is 15.5. The Hall–Kier alpha value is -2.87. The van der Waals surface area contributed by atoms with E-state index in [0.29, 0.717) is 16.6 Å². The van der Waals surface area contributed by atoms with E-state index < -0.39 is 74.7 Å². The van der Waals surface area contributed by atoms with E-state index in [1.165, 1.54) is 19.2 Å². The third-order valence-electron chi connectivity index (χ3n) is 8.96. The number of likely N-dealkylation sites (tertiary alicyclic amines) is 1. The highest BCUT2D eigenvalue weighted by Crippen LogP contribution is 2.66. The molecule has 0 spiro atoms. The van der Waals surface area contributed by atoms with E-state index in [9.17, 15) is 37.5 Å². The molecule has 3 fully saturated rings. The first-order valence-electron chi connectivity index (χ1n) is 13.2. The van der Waals surface area contributed by atoms with Gasteiger partial charge in [-0.25, -0.2) is 4.98 Å². The highest BCUT2D eigenvalue weighted by Gasteiger charge is 2.76. The molecule has 4 amide bonds. The van der Waals surface area contributed by atoms with Crippen LogP contribution in [0.5, 0.6) is 5.75 Å². The number of carbonyl (C=O) groups excluding carboxylic acids is 4. The Morgan fingerprint density at radius 3 is 2.39 bits per heavy atom. The number of aromatic hydroxyl groups is 1. The summed E-state index contributed by atoms with van der Waals surface area (Å²) in [5, 5.41) is 12.2. The predicted octanol–water partition coefficient (Wildman–Crippen LogP) is 5.22. The number of hydrogen-bond donors (Lipinski definition) is 1. The van der Waals surface area contributed by atoms with Gasteiger partial charge in [0.1, 0.15) is 11.4 Å². The van der Waals surface area contributed by atoms with E-state index in [-0.39, 0.29) is 34.6 Å². The van der Waals surface area contributed by atoms with Gasteiger partial charge in [0, 0.05) is 18.5 Å². The summed E-state index contributed by atoms with van der Waals surface area (Å²) in [4.78, 5) is 55.6. The Morgan fingerprint density at radius 1 is 1.07 bits per heavy atom. The molecule has 0 radical (unpaired) electrons. The molecule has 2 aliphatic carbocycles. The SMILES string of the molecule is CN(c1nc(C(F)(F)F)ccc1Cl)N1C(=O)C2CC=C3C(CC4(Cl)C(=O)N(CBr)C(=O)C4(Cl)C3c3ccccc3O)C2C1=O. The quantitative estimate of drug-likeness (QED) is 0.198. The van der Waals surface area contributed by atoms with Crippen LogP contribution in [0.3, 0.4) is 0 Å². The van der Waals surface area contributed by atoms with Crippen molar-refractivity contribution in [3.05, 3.63) is 64.3 Å². The van der Waals surface area contributed by atoms with Crippen molar-refractivity contribution < 1.29 is 37.5 Å². The molecule has 4 aliphatic rings. The highest BCUT2D eigenvalue weighted by atomic mass is 79.9. The lowest BCUT2D eigenvalue weighted by Crippen LogP contribution is -2.60. The first kappa shape index (κ1) is 31.1. The monoisotopic (exact) mass is 734 g/mol. The number of anilines is 1. The number of rotatable bonds is 4. The van der Waals surface area contributed by atoms with Crippen LogP contribution in [-0.4, -0.2) is 65.9 Å². The molecule has 3 heterocycles. The third kappa shape index (κ3) is 4.08. The lowest BCUT2D eigenvalue weighted by molar-refractivity contribution is -0.142. The summed E-state index contributed by atoms with van der Waals surface area (Å²) in [5.41, 5.74) is -0.842. The van der Waals surface area contributed by atoms with Gasteiger partial charge in [-0.1, -0.05) is 57.4 Å². The number of phenols is 1. The van der Waals surface area contributed by atoms with Gasteiger partial charge >= 0.3 is 6.18 Å². The Morgan fingerprint density at radius 2 is 1.75 bits per heavy atom. The molecule has 2 aromatic rings. The lowest BCUT2D eigenvalue weighted by Gasteiger charge is -2.50. The maximum Gasteiger partial charge on any atom is 0.433 e. The van der Waals surface area contributed by atoms with Crippen LogP contribution in [-0.2, 0) is 25.4 Å². The zero-order chi connectivity index (χ0) is 32.1. The summed E-state index contributed by atoms with van der Waals surface area (Å²) in [6.07, 6.45) is -3.44. The molecule has 1 aromatic heterocycles. The Labute approximate surface area is 271 Å². The molecule has 1 aromatic carbocycles. The molecule has 6 atom stereocenters. The molecular formula is C28H21BrCl3F3N4O5. The van der Waals surface area contributed by atoms with Gasteiger partial charge in [-0.15, -0.1) is 23.2 Å². The van der Waals surface area contributed by atoms with Crippen molar-refractivity contribution in [3.63, 3.8) is 0 Å². The number of pyridine rings is 1. The molecule has 232 valence electrons. The van der Waals surface area contributed by atoms with Crippen LogP contribution in [0.4, 0.5) is 19.0 Å². The summed E-state index contributed by atoms with van der Waals surface area (Å²) in [5.74, 6) is -7.95. The molecule has 44 heavy (non-hydrogen) atoms. The fourth-order valence-electron chi connectivity index (χ4n) is 7.02. The normalized spacial score (nSPS) is 31.6. The number of halogens is 7. The molecule has 9 nitrogen and oxygen atoms in total. The number of phenolic OH excluding ortho intramolecular Hbond substituents is 1. The van der Waals surface area contributed by atoms with E-state index in [2.05, 4.69) is 20.9 Å². The van der Waals surface area contributed by atoms with Crippen molar-refractivity contribution in [3.8, 4) is 5.75 Å². The summed E-state index contributed by atoms with van der Waals surface area (Å²) in [6, 6.07) is 7.74. The van der Waals surface area contributed by atoms with E-state index in [0.717, 1.165) is 16.0 Å². The van der Waals surface area contributed by atoms with Gasteiger partial charge < -0.3 is 5.11 Å². The molecule has 2 saturated heterocycles. The second-order valence-corrected chi connectivity index (χ2v) is 13.2. The van der Waals surface area contributed by atoms with Gasteiger partial charge in [0.2, 0.25) is 0 Å². The van der Waals surface area contributed by atoms with E-state index in [4.69, 9.17) is 34.8 Å². The van der Waals surface area contributed by atoms with Crippen LogP contribution >= 0.6 is 50.7 Å². The fraction of sp³-hybridized carbons (Fsp3) is 0.393. The number of allylic oxidation sites excluding steroid dienone is 2. The molecule has 6 unspecified atom stereocenters. The largest absolute Gasteiger partial charge is 0.508 e. The second kappa shape index (κ2) is 10.3. The van der Waals surface area contributed by atoms with Crippen molar-refractivity contribution >= 4 is 80.2 Å². The fourth-order valence-corrected chi connectivity index (χ4v) is 8.66. The topological polar surface area (TPSA) is 111 Å². The zero-order valence-corrected chi connectivity index (χ0v) is 26.3. The number of aromatic nitrogens is 1. The first-order chi connectivity index (χ1) is 20.6. The predicted molar refractivity (Wildman–Crippen MR) is 156 cm³/mol. The van der Waals surface area contributed by atoms with Crippen LogP contribution in [0.15, 0.2) is 48.0 Å². The van der Waals surface area contributed by atoms with Gasteiger partial charge in [0.15, 0.2) is 15.6 Å². The smallest absolute Gasteiger partial charge is 0.433 e. The van der Waals surface area contributed by atoms with Crippen LogP contribution < -0.4 is 5.01 Å². The second-order valence-electron chi connectivity index (χ2n) is 11.1.